The molecule has 0 radical (unpaired) electrons. The van der Waals surface area contributed by atoms with E-state index in [0.29, 0.717) is 5.56 Å². The van der Waals surface area contributed by atoms with Crippen molar-refractivity contribution in [1.29, 1.82) is 0 Å². The Hall–Kier alpha value is -1.84. The maximum Gasteiger partial charge on any atom is 0.252 e. The number of carbonyl (C=O) groups is 2. The van der Waals surface area contributed by atoms with Crippen LogP contribution in [0.25, 0.3) is 0 Å². The largest absolute Gasteiger partial charge is 0.347 e. The Balaban J connectivity index is 2.57. The number of carbonyl (C=O) groups excluding carboxylic acids is 2. The van der Waals surface area contributed by atoms with E-state index in [1.165, 1.54) is 16.2 Å². The molecular weight excluding hydrogens is 250 g/mol. The van der Waals surface area contributed by atoms with Crippen molar-refractivity contribution in [2.45, 2.75) is 0 Å². The van der Waals surface area contributed by atoms with Gasteiger partial charge in [-0.3, -0.25) is 9.59 Å². The summed E-state index contributed by atoms with van der Waals surface area (Å²) in [6, 6.07) is 1.68. The van der Waals surface area contributed by atoms with Crippen LogP contribution in [0.15, 0.2) is 11.4 Å². The number of hydrogen-bond donors (Lipinski definition) is 2. The highest BCUT2D eigenvalue weighted by Crippen LogP contribution is 2.13. The van der Waals surface area contributed by atoms with E-state index >= 15 is 0 Å². The number of amides is 2. The molecule has 0 atom stereocenters. The van der Waals surface area contributed by atoms with Crippen LogP contribution in [0.4, 0.5) is 0 Å². The van der Waals surface area contributed by atoms with Crippen molar-refractivity contribution < 1.29 is 9.59 Å². The van der Waals surface area contributed by atoms with Crippen LogP contribution in [0.5, 0.6) is 0 Å². The second-order valence-electron chi connectivity index (χ2n) is 3.68. The molecule has 0 aliphatic carbocycles. The third-order valence-corrected chi connectivity index (χ3v) is 2.92. The summed E-state index contributed by atoms with van der Waals surface area (Å²) in [5.41, 5.74) is 5.77. The standard InChI is InChI=1S/C12H15N3O2S/c1-15(2)11(16)7-14-12(17)9-6-10(18-8-9)4-3-5-13/h6,8H,5,7,13H2,1-2H3,(H,14,17). The fourth-order valence-corrected chi connectivity index (χ4v) is 1.83. The second-order valence-corrected chi connectivity index (χ2v) is 4.59. The van der Waals surface area contributed by atoms with Crippen molar-refractivity contribution in [3.63, 3.8) is 0 Å². The van der Waals surface area contributed by atoms with Crippen LogP contribution in [-0.2, 0) is 4.79 Å². The Kier molecular flexibility index (Phi) is 5.36. The van der Waals surface area contributed by atoms with Crippen molar-refractivity contribution in [2.75, 3.05) is 27.2 Å². The van der Waals surface area contributed by atoms with Gasteiger partial charge in [-0.25, -0.2) is 0 Å². The molecule has 0 saturated carbocycles. The molecule has 96 valence electrons. The van der Waals surface area contributed by atoms with Crippen LogP contribution in [0, 0.1) is 11.8 Å². The minimum Gasteiger partial charge on any atom is -0.347 e. The summed E-state index contributed by atoms with van der Waals surface area (Å²) in [4.78, 5) is 25.2. The summed E-state index contributed by atoms with van der Waals surface area (Å²) in [5.74, 6) is 5.14. The zero-order chi connectivity index (χ0) is 13.5. The zero-order valence-electron chi connectivity index (χ0n) is 10.3. The maximum atomic E-state index is 11.7. The number of rotatable bonds is 3. The minimum atomic E-state index is -0.276. The molecular formula is C12H15N3O2S. The van der Waals surface area contributed by atoms with Crippen LogP contribution in [0.3, 0.4) is 0 Å². The Morgan fingerprint density at radius 1 is 1.50 bits per heavy atom. The van der Waals surface area contributed by atoms with Crippen LogP contribution in [0.1, 0.15) is 15.2 Å². The lowest BCUT2D eigenvalue weighted by molar-refractivity contribution is -0.127. The molecule has 6 heteroatoms. The quantitative estimate of drug-likeness (QED) is 0.748. The van der Waals surface area contributed by atoms with Crippen LogP contribution >= 0.6 is 11.3 Å². The van der Waals surface area contributed by atoms with E-state index < -0.39 is 0 Å². The Morgan fingerprint density at radius 2 is 2.22 bits per heavy atom. The van der Waals surface area contributed by atoms with Gasteiger partial charge in [-0.2, -0.15) is 0 Å². The third-order valence-electron chi connectivity index (χ3n) is 2.07. The topological polar surface area (TPSA) is 75.4 Å². The second kappa shape index (κ2) is 6.79. The molecule has 0 saturated heterocycles. The molecule has 0 aliphatic rings. The van der Waals surface area contributed by atoms with Gasteiger partial charge in [0.05, 0.1) is 23.5 Å². The molecule has 0 fully saturated rings. The molecule has 0 bridgehead atoms. The van der Waals surface area contributed by atoms with Crippen LogP contribution in [0.2, 0.25) is 0 Å². The van der Waals surface area contributed by atoms with Crippen molar-refractivity contribution in [1.82, 2.24) is 10.2 Å². The Bertz CT molecular complexity index is 497. The highest BCUT2D eigenvalue weighted by molar-refractivity contribution is 7.10. The first-order valence-corrected chi connectivity index (χ1v) is 6.18. The summed E-state index contributed by atoms with van der Waals surface area (Å²) < 4.78 is 0. The summed E-state index contributed by atoms with van der Waals surface area (Å²) in [6.07, 6.45) is 0. The number of nitrogens with one attached hydrogen (secondary N) is 1. The molecule has 1 rings (SSSR count). The number of likely N-dealkylation sites (N-methyl/N-ethyl adjacent to an activating group) is 1. The normalized spacial score (nSPS) is 9.28. The molecule has 18 heavy (non-hydrogen) atoms. The van der Waals surface area contributed by atoms with E-state index in [2.05, 4.69) is 17.2 Å². The molecule has 0 spiro atoms. The fourth-order valence-electron chi connectivity index (χ4n) is 1.08. The lowest BCUT2D eigenvalue weighted by atomic mass is 10.3. The van der Waals surface area contributed by atoms with Gasteiger partial charge < -0.3 is 16.0 Å². The van der Waals surface area contributed by atoms with Crippen LogP contribution in [-0.4, -0.2) is 43.9 Å². The van der Waals surface area contributed by atoms with Gasteiger partial charge in [0, 0.05) is 19.5 Å². The number of hydrogen-bond acceptors (Lipinski definition) is 4. The Morgan fingerprint density at radius 3 is 2.83 bits per heavy atom. The van der Waals surface area contributed by atoms with E-state index in [0.717, 1.165) is 4.88 Å². The average molecular weight is 265 g/mol. The molecule has 1 heterocycles. The van der Waals surface area contributed by atoms with E-state index in [9.17, 15) is 9.59 Å². The van der Waals surface area contributed by atoms with Gasteiger partial charge in [0.25, 0.3) is 5.91 Å². The maximum absolute atomic E-state index is 11.7. The van der Waals surface area contributed by atoms with Crippen molar-refractivity contribution in [3.05, 3.63) is 21.9 Å². The summed E-state index contributed by atoms with van der Waals surface area (Å²) >= 11 is 1.37. The van der Waals surface area contributed by atoms with Gasteiger partial charge in [0.15, 0.2) is 0 Å². The SMILES string of the molecule is CN(C)C(=O)CNC(=O)c1csc(C#CCN)c1. The summed E-state index contributed by atoms with van der Waals surface area (Å²) in [5, 5.41) is 4.26. The fraction of sp³-hybridized carbons (Fsp3) is 0.333. The lowest BCUT2D eigenvalue weighted by Crippen LogP contribution is -2.36. The molecule has 2 amide bonds. The lowest BCUT2D eigenvalue weighted by Gasteiger charge is -2.10. The van der Waals surface area contributed by atoms with E-state index in [1.807, 2.05) is 0 Å². The first kappa shape index (κ1) is 14.2. The molecule has 0 aromatic carbocycles. The third kappa shape index (κ3) is 4.20. The molecule has 3 N–H and O–H groups in total. The van der Waals surface area contributed by atoms with Crippen molar-refractivity contribution in [3.8, 4) is 11.8 Å². The highest BCUT2D eigenvalue weighted by atomic mass is 32.1. The van der Waals surface area contributed by atoms with Crippen molar-refractivity contribution in [2.24, 2.45) is 5.73 Å². The number of thiophene rings is 1. The number of nitrogens with zero attached hydrogens (tertiary/aromatic N) is 1. The molecule has 1 aromatic rings. The zero-order valence-corrected chi connectivity index (χ0v) is 11.1. The highest BCUT2D eigenvalue weighted by Gasteiger charge is 2.10. The molecule has 5 nitrogen and oxygen atoms in total. The average Bonchev–Trinajstić information content (AvgIpc) is 2.81. The predicted molar refractivity (Wildman–Crippen MR) is 71.3 cm³/mol. The summed E-state index contributed by atoms with van der Waals surface area (Å²) in [6.45, 7) is 0.280. The first-order chi connectivity index (χ1) is 8.54. The van der Waals surface area contributed by atoms with Gasteiger partial charge in [0.2, 0.25) is 5.91 Å². The van der Waals surface area contributed by atoms with Gasteiger partial charge in [-0.15, -0.1) is 11.3 Å². The number of nitrogens with two attached hydrogens (primary N) is 1. The van der Waals surface area contributed by atoms with E-state index in [1.54, 1.807) is 25.5 Å². The van der Waals surface area contributed by atoms with Crippen molar-refractivity contribution >= 4 is 23.2 Å². The monoisotopic (exact) mass is 265 g/mol. The molecule has 0 unspecified atom stereocenters. The van der Waals surface area contributed by atoms with Gasteiger partial charge in [-0.05, 0) is 6.07 Å². The first-order valence-electron chi connectivity index (χ1n) is 5.30. The predicted octanol–water partition coefficient (Wildman–Crippen LogP) is -0.124. The molecule has 1 aromatic heterocycles. The van der Waals surface area contributed by atoms with Gasteiger partial charge in [-0.1, -0.05) is 11.8 Å². The molecule has 0 aliphatic heterocycles. The van der Waals surface area contributed by atoms with E-state index in [4.69, 9.17) is 5.73 Å². The smallest absolute Gasteiger partial charge is 0.252 e. The van der Waals surface area contributed by atoms with Crippen LogP contribution < -0.4 is 11.1 Å². The van der Waals surface area contributed by atoms with E-state index in [-0.39, 0.29) is 24.9 Å². The van der Waals surface area contributed by atoms with Gasteiger partial charge in [0.1, 0.15) is 0 Å². The van der Waals surface area contributed by atoms with Gasteiger partial charge >= 0.3 is 0 Å². The minimum absolute atomic E-state index is 0.00844. The Labute approximate surface area is 110 Å². The summed E-state index contributed by atoms with van der Waals surface area (Å²) in [7, 11) is 3.28.